The lowest BCUT2D eigenvalue weighted by Crippen LogP contribution is -2.22. The maximum absolute atomic E-state index is 12.0. The molecule has 1 N–H and O–H groups in total. The van der Waals surface area contributed by atoms with E-state index in [0.29, 0.717) is 23.6 Å². The fraction of sp³-hybridized carbons (Fsp3) is 0.238. The lowest BCUT2D eigenvalue weighted by atomic mass is 10.2. The maximum Gasteiger partial charge on any atom is 0.331 e. The first kappa shape index (κ1) is 23.1. The highest BCUT2D eigenvalue weighted by Crippen LogP contribution is 2.19. The minimum atomic E-state index is -3.54. The van der Waals surface area contributed by atoms with Crippen molar-refractivity contribution in [2.45, 2.75) is 11.8 Å². The number of amides is 1. The van der Waals surface area contributed by atoms with Gasteiger partial charge in [0.2, 0.25) is 10.0 Å². The minimum absolute atomic E-state index is 0.106. The monoisotopic (exact) mass is 432 g/mol. The van der Waals surface area contributed by atoms with E-state index in [1.54, 1.807) is 18.2 Å². The van der Waals surface area contributed by atoms with Crippen LogP contribution in [0.3, 0.4) is 0 Å². The van der Waals surface area contributed by atoms with Crippen LogP contribution in [-0.2, 0) is 24.3 Å². The number of esters is 1. The van der Waals surface area contributed by atoms with Crippen LogP contribution in [0.1, 0.15) is 12.5 Å². The maximum atomic E-state index is 12.0. The molecule has 2 rings (SSSR count). The number of anilines is 1. The molecule has 0 aliphatic carbocycles. The molecule has 0 saturated heterocycles. The molecule has 0 spiro atoms. The Kier molecular flexibility index (Phi) is 8.14. The zero-order chi connectivity index (χ0) is 22.1. The van der Waals surface area contributed by atoms with Crippen molar-refractivity contribution in [3.63, 3.8) is 0 Å². The second kappa shape index (κ2) is 10.6. The number of hydrogen-bond donors (Lipinski definition) is 1. The van der Waals surface area contributed by atoms with Crippen molar-refractivity contribution in [3.05, 3.63) is 60.2 Å². The standard InChI is InChI=1S/C21H24N2O6S/c1-4-28-19-8-6-5-7-16(19)9-14-21(25)29-15-20(24)22-17-10-12-18(13-11-17)30(26,27)23(2)3/h5-14H,4,15H2,1-3H3,(H,22,24)/b14-9+. The molecule has 0 atom stereocenters. The van der Waals surface area contributed by atoms with Gasteiger partial charge in [0.1, 0.15) is 5.75 Å². The van der Waals surface area contributed by atoms with Gasteiger partial charge in [-0.3, -0.25) is 4.79 Å². The lowest BCUT2D eigenvalue weighted by Gasteiger charge is -2.12. The van der Waals surface area contributed by atoms with Crippen molar-refractivity contribution in [2.75, 3.05) is 32.6 Å². The number of nitrogens with one attached hydrogen (secondary N) is 1. The Morgan fingerprint density at radius 3 is 2.37 bits per heavy atom. The van der Waals surface area contributed by atoms with Crippen molar-refractivity contribution in [1.82, 2.24) is 4.31 Å². The predicted molar refractivity (Wildman–Crippen MR) is 114 cm³/mol. The fourth-order valence-electron chi connectivity index (χ4n) is 2.37. The Morgan fingerprint density at radius 1 is 1.07 bits per heavy atom. The van der Waals surface area contributed by atoms with Gasteiger partial charge < -0.3 is 14.8 Å². The third-order valence-corrected chi connectivity index (χ3v) is 5.71. The molecule has 2 aromatic carbocycles. The summed E-state index contributed by atoms with van der Waals surface area (Å²) < 4.78 is 35.6. The quantitative estimate of drug-likeness (QED) is 0.483. The van der Waals surface area contributed by atoms with Gasteiger partial charge in [-0.2, -0.15) is 0 Å². The Balaban J connectivity index is 1.88. The zero-order valence-corrected chi connectivity index (χ0v) is 17.8. The number of ether oxygens (including phenoxy) is 2. The van der Waals surface area contributed by atoms with Gasteiger partial charge in [0.05, 0.1) is 11.5 Å². The van der Waals surface area contributed by atoms with E-state index >= 15 is 0 Å². The molecule has 8 nitrogen and oxygen atoms in total. The average Bonchev–Trinajstić information content (AvgIpc) is 2.72. The van der Waals surface area contributed by atoms with E-state index in [1.165, 1.54) is 44.4 Å². The van der Waals surface area contributed by atoms with Gasteiger partial charge in [0.25, 0.3) is 5.91 Å². The van der Waals surface area contributed by atoms with Crippen LogP contribution in [0.25, 0.3) is 6.08 Å². The lowest BCUT2D eigenvalue weighted by molar-refractivity contribution is -0.142. The first-order valence-corrected chi connectivity index (χ1v) is 10.6. The first-order chi connectivity index (χ1) is 14.2. The summed E-state index contributed by atoms with van der Waals surface area (Å²) in [7, 11) is -0.677. The number of carbonyl (C=O) groups excluding carboxylic acids is 2. The highest BCUT2D eigenvalue weighted by Gasteiger charge is 2.16. The van der Waals surface area contributed by atoms with Gasteiger partial charge in [-0.15, -0.1) is 0 Å². The second-order valence-corrected chi connectivity index (χ2v) is 8.42. The molecular formula is C21H24N2O6S. The van der Waals surface area contributed by atoms with Crippen LogP contribution in [0.5, 0.6) is 5.75 Å². The second-order valence-electron chi connectivity index (χ2n) is 6.27. The summed E-state index contributed by atoms with van der Waals surface area (Å²) in [6, 6.07) is 12.9. The van der Waals surface area contributed by atoms with Crippen molar-refractivity contribution in [2.24, 2.45) is 0 Å². The van der Waals surface area contributed by atoms with E-state index in [9.17, 15) is 18.0 Å². The number of benzene rings is 2. The highest BCUT2D eigenvalue weighted by molar-refractivity contribution is 7.89. The van der Waals surface area contributed by atoms with Crippen LogP contribution in [0.2, 0.25) is 0 Å². The summed E-state index contributed by atoms with van der Waals surface area (Å²) >= 11 is 0. The van der Waals surface area contributed by atoms with Crippen LogP contribution in [0.15, 0.2) is 59.5 Å². The summed E-state index contributed by atoms with van der Waals surface area (Å²) in [4.78, 5) is 23.9. The molecule has 0 fully saturated rings. The van der Waals surface area contributed by atoms with E-state index in [2.05, 4.69) is 5.32 Å². The highest BCUT2D eigenvalue weighted by atomic mass is 32.2. The summed E-state index contributed by atoms with van der Waals surface area (Å²) in [6.45, 7) is 1.88. The summed E-state index contributed by atoms with van der Waals surface area (Å²) in [5.41, 5.74) is 1.10. The van der Waals surface area contributed by atoms with E-state index in [4.69, 9.17) is 9.47 Å². The van der Waals surface area contributed by atoms with Gasteiger partial charge in [-0.05, 0) is 43.3 Å². The number of rotatable bonds is 9. The first-order valence-electron chi connectivity index (χ1n) is 9.13. The van der Waals surface area contributed by atoms with Gasteiger partial charge in [0, 0.05) is 31.4 Å². The minimum Gasteiger partial charge on any atom is -0.493 e. The van der Waals surface area contributed by atoms with E-state index in [0.717, 1.165) is 4.31 Å². The molecule has 9 heteroatoms. The van der Waals surface area contributed by atoms with Gasteiger partial charge in [-0.1, -0.05) is 18.2 Å². The molecule has 30 heavy (non-hydrogen) atoms. The third-order valence-electron chi connectivity index (χ3n) is 3.88. The fourth-order valence-corrected chi connectivity index (χ4v) is 3.27. The molecule has 0 aromatic heterocycles. The zero-order valence-electron chi connectivity index (χ0n) is 17.0. The number of nitrogens with zero attached hydrogens (tertiary/aromatic N) is 1. The predicted octanol–water partition coefficient (Wildman–Crippen LogP) is 2.53. The smallest absolute Gasteiger partial charge is 0.331 e. The van der Waals surface area contributed by atoms with E-state index < -0.39 is 28.5 Å². The Bertz CT molecular complexity index is 1010. The van der Waals surface area contributed by atoms with Crippen LogP contribution < -0.4 is 10.1 Å². The van der Waals surface area contributed by atoms with Crippen molar-refractivity contribution >= 4 is 33.7 Å². The molecule has 0 aliphatic heterocycles. The average molecular weight is 432 g/mol. The SMILES string of the molecule is CCOc1ccccc1/C=C/C(=O)OCC(=O)Nc1ccc(S(=O)(=O)N(C)C)cc1. The van der Waals surface area contributed by atoms with Gasteiger partial charge >= 0.3 is 5.97 Å². The summed E-state index contributed by atoms with van der Waals surface area (Å²) in [6.07, 6.45) is 2.77. The number of para-hydroxylation sites is 1. The normalized spacial score (nSPS) is 11.5. The molecule has 160 valence electrons. The summed E-state index contributed by atoms with van der Waals surface area (Å²) in [5, 5.41) is 2.54. The third kappa shape index (κ3) is 6.43. The van der Waals surface area contributed by atoms with Gasteiger partial charge in [-0.25, -0.2) is 17.5 Å². The molecule has 2 aromatic rings. The van der Waals surface area contributed by atoms with E-state index in [-0.39, 0.29) is 4.90 Å². The van der Waals surface area contributed by atoms with Crippen molar-refractivity contribution in [1.29, 1.82) is 0 Å². The van der Waals surface area contributed by atoms with Crippen LogP contribution in [0, 0.1) is 0 Å². The molecule has 0 saturated carbocycles. The molecule has 0 bridgehead atoms. The van der Waals surface area contributed by atoms with Crippen LogP contribution >= 0.6 is 0 Å². The topological polar surface area (TPSA) is 102 Å². The molecule has 0 radical (unpaired) electrons. The molecule has 0 unspecified atom stereocenters. The van der Waals surface area contributed by atoms with Crippen LogP contribution in [-0.4, -0.2) is 51.9 Å². The molecule has 1 amide bonds. The number of carbonyl (C=O) groups is 2. The largest absolute Gasteiger partial charge is 0.493 e. The van der Waals surface area contributed by atoms with E-state index in [1.807, 2.05) is 19.1 Å². The Hall–Kier alpha value is -3.17. The van der Waals surface area contributed by atoms with Crippen LogP contribution in [0.4, 0.5) is 5.69 Å². The van der Waals surface area contributed by atoms with Crippen molar-refractivity contribution < 1.29 is 27.5 Å². The van der Waals surface area contributed by atoms with Crippen molar-refractivity contribution in [3.8, 4) is 5.75 Å². The number of hydrogen-bond acceptors (Lipinski definition) is 6. The molecule has 0 heterocycles. The molecule has 0 aliphatic rings. The number of sulfonamides is 1. The summed E-state index contributed by atoms with van der Waals surface area (Å²) in [5.74, 6) is -0.583. The Labute approximate surface area is 176 Å². The van der Waals surface area contributed by atoms with Gasteiger partial charge in [0.15, 0.2) is 6.61 Å². The molecular weight excluding hydrogens is 408 g/mol. The Morgan fingerprint density at radius 2 is 1.73 bits per heavy atom.